The van der Waals surface area contributed by atoms with Gasteiger partial charge < -0.3 is 9.13 Å². The van der Waals surface area contributed by atoms with Gasteiger partial charge in [-0.25, -0.2) is 0 Å². The first-order valence-electron chi connectivity index (χ1n) is 15.8. The summed E-state index contributed by atoms with van der Waals surface area (Å²) in [6, 6.07) is 31.7. The number of benzene rings is 6. The number of aryl methyl sites for hydroxylation is 3. The molecule has 2 aromatic heterocycles. The Kier molecular flexibility index (Phi) is 6.76. The van der Waals surface area contributed by atoms with Gasteiger partial charge in [0, 0.05) is 32.7 Å². The van der Waals surface area contributed by atoms with Gasteiger partial charge in [-0.15, -0.1) is 0 Å². The highest BCUT2D eigenvalue weighted by atomic mass is 19.4. The quantitative estimate of drug-likeness (QED) is 0.167. The van der Waals surface area contributed by atoms with E-state index in [-0.39, 0.29) is 28.1 Å². The molecule has 0 saturated heterocycles. The summed E-state index contributed by atoms with van der Waals surface area (Å²) in [5.74, 6) is 0. The minimum absolute atomic E-state index is 0.00211. The lowest BCUT2D eigenvalue weighted by Gasteiger charge is -2.25. The molecule has 0 saturated carbocycles. The summed E-state index contributed by atoms with van der Waals surface area (Å²) in [5, 5.41) is 3.13. The van der Waals surface area contributed by atoms with Crippen molar-refractivity contribution in [3.8, 4) is 22.5 Å². The number of para-hydroxylation sites is 2. The lowest BCUT2D eigenvalue weighted by molar-refractivity contribution is -0.138. The SMILES string of the molecule is Cc1ccc2c(c1)c1ccccc1n2-c1cc(C(F)(F)F)cc(-n2c3ccccc3c3cc(C)ccc32)c1-c1c(C)cccc1C(F)(F)F. The molecular weight excluding hydrogens is 634 g/mol. The summed E-state index contributed by atoms with van der Waals surface area (Å²) in [5.41, 5.74) is 2.46. The molecule has 8 aromatic rings. The average molecular weight is 663 g/mol. The molecule has 0 aliphatic heterocycles. The third-order valence-electron chi connectivity index (χ3n) is 9.39. The zero-order valence-electron chi connectivity index (χ0n) is 26.6. The van der Waals surface area contributed by atoms with Crippen LogP contribution in [0.25, 0.3) is 66.1 Å². The normalized spacial score (nSPS) is 12.6. The lowest BCUT2D eigenvalue weighted by atomic mass is 9.90. The number of nitrogens with zero attached hydrogens (tertiary/aromatic N) is 2. The standard InChI is InChI=1S/C41H28F6N2/c1-23-15-17-34-29(19-23)27-10-4-6-13-32(27)48(34)36-21-26(40(42,43)44)22-37(39(36)38-25(3)9-8-12-31(38)41(45,46)47)49-33-14-7-5-11-28(33)30-20-24(2)16-18-35(30)49/h4-22H,1-3H3. The van der Waals surface area contributed by atoms with Crippen LogP contribution >= 0.6 is 0 Å². The monoisotopic (exact) mass is 662 g/mol. The van der Waals surface area contributed by atoms with E-state index in [1.807, 2.05) is 74.5 Å². The van der Waals surface area contributed by atoms with Gasteiger partial charge in [-0.2, -0.15) is 26.3 Å². The van der Waals surface area contributed by atoms with Gasteiger partial charge in [-0.1, -0.05) is 71.8 Å². The fourth-order valence-corrected chi connectivity index (χ4v) is 7.31. The smallest absolute Gasteiger partial charge is 0.309 e. The number of hydrogen-bond donors (Lipinski definition) is 0. The first-order chi connectivity index (χ1) is 23.3. The van der Waals surface area contributed by atoms with E-state index in [1.54, 1.807) is 46.4 Å². The Morgan fingerprint density at radius 1 is 0.429 bits per heavy atom. The van der Waals surface area contributed by atoms with E-state index >= 15 is 26.3 Å². The van der Waals surface area contributed by atoms with E-state index in [1.165, 1.54) is 6.07 Å². The second kappa shape index (κ2) is 10.8. The lowest BCUT2D eigenvalue weighted by Crippen LogP contribution is -2.14. The van der Waals surface area contributed by atoms with Crippen LogP contribution in [-0.4, -0.2) is 9.13 Å². The second-order valence-corrected chi connectivity index (χ2v) is 12.6. The zero-order chi connectivity index (χ0) is 34.4. The summed E-state index contributed by atoms with van der Waals surface area (Å²) >= 11 is 0. The van der Waals surface area contributed by atoms with Gasteiger partial charge >= 0.3 is 12.4 Å². The van der Waals surface area contributed by atoms with Gasteiger partial charge in [-0.05, 0) is 80.9 Å². The maximum absolute atomic E-state index is 15.1. The Balaban J connectivity index is 1.67. The van der Waals surface area contributed by atoms with Crippen molar-refractivity contribution in [2.24, 2.45) is 0 Å². The number of fused-ring (bicyclic) bond motifs is 6. The Morgan fingerprint density at radius 2 is 0.898 bits per heavy atom. The molecule has 8 heteroatoms. The molecule has 0 aliphatic carbocycles. The van der Waals surface area contributed by atoms with Gasteiger partial charge in [0.1, 0.15) is 0 Å². The van der Waals surface area contributed by atoms with Crippen molar-refractivity contribution in [3.05, 3.63) is 143 Å². The summed E-state index contributed by atoms with van der Waals surface area (Å²) in [7, 11) is 0. The highest BCUT2D eigenvalue weighted by molar-refractivity contribution is 6.12. The molecule has 0 atom stereocenters. The van der Waals surface area contributed by atoms with E-state index in [9.17, 15) is 0 Å². The number of alkyl halides is 6. The topological polar surface area (TPSA) is 9.86 Å². The van der Waals surface area contributed by atoms with Crippen molar-refractivity contribution in [2.75, 3.05) is 0 Å². The predicted molar refractivity (Wildman–Crippen MR) is 185 cm³/mol. The molecule has 0 unspecified atom stereocenters. The molecule has 0 radical (unpaired) electrons. The first kappa shape index (κ1) is 30.8. The molecule has 244 valence electrons. The van der Waals surface area contributed by atoms with Crippen LogP contribution in [0.5, 0.6) is 0 Å². The van der Waals surface area contributed by atoms with Gasteiger partial charge in [-0.3, -0.25) is 0 Å². The molecule has 0 bridgehead atoms. The zero-order valence-corrected chi connectivity index (χ0v) is 26.6. The fraction of sp³-hybridized carbons (Fsp3) is 0.122. The molecule has 0 amide bonds. The van der Waals surface area contributed by atoms with Gasteiger partial charge in [0.2, 0.25) is 0 Å². The highest BCUT2D eigenvalue weighted by Gasteiger charge is 2.38. The number of halogens is 6. The molecule has 6 aromatic carbocycles. The van der Waals surface area contributed by atoms with Crippen LogP contribution in [0.15, 0.2) is 115 Å². The third-order valence-corrected chi connectivity index (χ3v) is 9.39. The molecule has 2 nitrogen and oxygen atoms in total. The van der Waals surface area contributed by atoms with E-state index in [4.69, 9.17) is 0 Å². The van der Waals surface area contributed by atoms with E-state index < -0.39 is 23.5 Å². The molecule has 0 aliphatic rings. The molecule has 0 spiro atoms. The Morgan fingerprint density at radius 3 is 1.37 bits per heavy atom. The highest BCUT2D eigenvalue weighted by Crippen LogP contribution is 2.49. The molecule has 8 rings (SSSR count). The molecule has 0 fully saturated rings. The Hall–Kier alpha value is -5.50. The average Bonchev–Trinajstić information content (AvgIpc) is 3.55. The van der Waals surface area contributed by atoms with Crippen LogP contribution in [0.1, 0.15) is 27.8 Å². The second-order valence-electron chi connectivity index (χ2n) is 12.6. The van der Waals surface area contributed by atoms with Crippen LogP contribution in [-0.2, 0) is 12.4 Å². The van der Waals surface area contributed by atoms with Crippen LogP contribution < -0.4 is 0 Å². The summed E-state index contributed by atoms with van der Waals surface area (Å²) in [6.45, 7) is 5.42. The summed E-state index contributed by atoms with van der Waals surface area (Å²) in [4.78, 5) is 0. The number of aromatic nitrogens is 2. The van der Waals surface area contributed by atoms with Gasteiger partial charge in [0.25, 0.3) is 0 Å². The van der Waals surface area contributed by atoms with E-state index in [0.717, 1.165) is 50.9 Å². The maximum Gasteiger partial charge on any atom is 0.417 e. The molecule has 2 heterocycles. The maximum atomic E-state index is 15.1. The van der Waals surface area contributed by atoms with Gasteiger partial charge in [0.15, 0.2) is 0 Å². The Bertz CT molecular complexity index is 2480. The largest absolute Gasteiger partial charge is 0.417 e. The van der Waals surface area contributed by atoms with Crippen molar-refractivity contribution >= 4 is 43.6 Å². The van der Waals surface area contributed by atoms with Crippen LogP contribution in [0.4, 0.5) is 26.3 Å². The Labute approximate surface area is 277 Å². The summed E-state index contributed by atoms with van der Waals surface area (Å²) < 4.78 is 93.7. The molecule has 0 N–H and O–H groups in total. The van der Waals surface area contributed by atoms with E-state index in [0.29, 0.717) is 22.1 Å². The van der Waals surface area contributed by atoms with E-state index in [2.05, 4.69) is 0 Å². The van der Waals surface area contributed by atoms with Crippen LogP contribution in [0.2, 0.25) is 0 Å². The first-order valence-corrected chi connectivity index (χ1v) is 15.8. The number of hydrogen-bond acceptors (Lipinski definition) is 0. The van der Waals surface area contributed by atoms with Gasteiger partial charge in [0.05, 0.1) is 44.6 Å². The number of rotatable bonds is 3. The molecule has 49 heavy (non-hydrogen) atoms. The van der Waals surface area contributed by atoms with Crippen molar-refractivity contribution in [1.82, 2.24) is 9.13 Å². The van der Waals surface area contributed by atoms with Crippen LogP contribution in [0, 0.1) is 20.8 Å². The third kappa shape index (κ3) is 4.80. The fourth-order valence-electron chi connectivity index (χ4n) is 7.31. The summed E-state index contributed by atoms with van der Waals surface area (Å²) in [6.07, 6.45) is -9.61. The minimum Gasteiger partial charge on any atom is -0.309 e. The predicted octanol–water partition coefficient (Wildman–Crippen LogP) is 12.5. The van der Waals surface area contributed by atoms with Crippen molar-refractivity contribution < 1.29 is 26.3 Å². The molecular formula is C41H28F6N2. The van der Waals surface area contributed by atoms with Crippen molar-refractivity contribution in [1.29, 1.82) is 0 Å². The van der Waals surface area contributed by atoms with Crippen LogP contribution in [0.3, 0.4) is 0 Å². The van der Waals surface area contributed by atoms with Crippen molar-refractivity contribution in [3.63, 3.8) is 0 Å². The minimum atomic E-state index is -4.81. The van der Waals surface area contributed by atoms with Crippen molar-refractivity contribution in [2.45, 2.75) is 33.1 Å².